The van der Waals surface area contributed by atoms with Crippen molar-refractivity contribution in [2.45, 2.75) is 6.54 Å². The van der Waals surface area contributed by atoms with E-state index in [0.717, 1.165) is 5.82 Å². The molecule has 0 aromatic carbocycles. The number of aromatic nitrogens is 5. The fourth-order valence-electron chi connectivity index (χ4n) is 1.08. The molecule has 5 nitrogen and oxygen atoms in total. The molecule has 2 heterocycles. The summed E-state index contributed by atoms with van der Waals surface area (Å²) >= 11 is 5.05. The number of rotatable bonds is 2. The van der Waals surface area contributed by atoms with Gasteiger partial charge in [-0.3, -0.25) is 0 Å². The van der Waals surface area contributed by atoms with Crippen LogP contribution in [-0.2, 0) is 13.6 Å². The first kappa shape index (κ1) is 8.18. The third-order valence-electron chi connectivity index (χ3n) is 1.84. The first-order valence-electron chi connectivity index (χ1n) is 3.84. The molecule has 0 aliphatic carbocycles. The van der Waals surface area contributed by atoms with Gasteiger partial charge in [0.2, 0.25) is 0 Å². The normalized spacial score (nSPS) is 10.5. The van der Waals surface area contributed by atoms with Crippen LogP contribution in [0.4, 0.5) is 0 Å². The van der Waals surface area contributed by atoms with Gasteiger partial charge >= 0.3 is 0 Å². The molecule has 0 aliphatic heterocycles. The number of H-pyrrole nitrogens is 1. The Morgan fingerprint density at radius 1 is 1.62 bits per heavy atom. The molecule has 0 saturated heterocycles. The predicted octanol–water partition coefficient (Wildman–Crippen LogP) is 0.722. The molecule has 0 unspecified atom stereocenters. The van der Waals surface area contributed by atoms with E-state index >= 15 is 0 Å². The Morgan fingerprint density at radius 3 is 3.00 bits per heavy atom. The summed E-state index contributed by atoms with van der Waals surface area (Å²) in [5.74, 6) is 0.885. The lowest BCUT2D eigenvalue weighted by Gasteiger charge is -2.00. The standard InChI is InChI=1S/C7H9N5S/c1-11-5-9-10-6(11)4-12-3-2-8-7(12)13/h2-3,5H,4H2,1H3,(H,8,13). The van der Waals surface area contributed by atoms with Crippen LogP contribution in [0.25, 0.3) is 0 Å². The zero-order valence-corrected chi connectivity index (χ0v) is 7.95. The van der Waals surface area contributed by atoms with Crippen molar-refractivity contribution in [1.29, 1.82) is 0 Å². The van der Waals surface area contributed by atoms with E-state index in [0.29, 0.717) is 11.3 Å². The summed E-state index contributed by atoms with van der Waals surface area (Å²) in [6.07, 6.45) is 5.36. The molecule has 2 rings (SSSR count). The first-order valence-corrected chi connectivity index (χ1v) is 4.25. The van der Waals surface area contributed by atoms with Gasteiger partial charge < -0.3 is 14.1 Å². The molecule has 0 atom stereocenters. The molecular weight excluding hydrogens is 186 g/mol. The number of hydrogen-bond donors (Lipinski definition) is 1. The van der Waals surface area contributed by atoms with Gasteiger partial charge in [0, 0.05) is 19.4 Å². The average Bonchev–Trinajstić information content (AvgIpc) is 2.65. The lowest BCUT2D eigenvalue weighted by Crippen LogP contribution is -2.04. The Bertz CT molecular complexity index is 451. The van der Waals surface area contributed by atoms with Gasteiger partial charge in [-0.15, -0.1) is 10.2 Å². The maximum atomic E-state index is 5.05. The minimum Gasteiger partial charge on any atom is -0.337 e. The van der Waals surface area contributed by atoms with Gasteiger partial charge in [-0.25, -0.2) is 0 Å². The van der Waals surface area contributed by atoms with Crippen molar-refractivity contribution in [3.05, 3.63) is 29.3 Å². The number of nitrogens with one attached hydrogen (secondary N) is 1. The minimum atomic E-state index is 0.652. The molecule has 0 amide bonds. The monoisotopic (exact) mass is 195 g/mol. The highest BCUT2D eigenvalue weighted by Gasteiger charge is 2.01. The fraction of sp³-hybridized carbons (Fsp3) is 0.286. The van der Waals surface area contributed by atoms with E-state index in [-0.39, 0.29) is 0 Å². The van der Waals surface area contributed by atoms with E-state index in [2.05, 4.69) is 15.2 Å². The molecule has 68 valence electrons. The van der Waals surface area contributed by atoms with Crippen LogP contribution in [-0.4, -0.2) is 24.3 Å². The Morgan fingerprint density at radius 2 is 2.46 bits per heavy atom. The lowest BCUT2D eigenvalue weighted by molar-refractivity contribution is 0.690. The summed E-state index contributed by atoms with van der Waals surface area (Å²) in [5, 5.41) is 7.75. The van der Waals surface area contributed by atoms with Crippen LogP contribution < -0.4 is 0 Å². The maximum absolute atomic E-state index is 5.05. The van der Waals surface area contributed by atoms with E-state index in [1.54, 1.807) is 12.5 Å². The van der Waals surface area contributed by atoms with Gasteiger partial charge in [0.05, 0.1) is 6.54 Å². The van der Waals surface area contributed by atoms with E-state index in [1.165, 1.54) is 0 Å². The van der Waals surface area contributed by atoms with E-state index in [4.69, 9.17) is 12.2 Å². The minimum absolute atomic E-state index is 0.652. The van der Waals surface area contributed by atoms with Crippen LogP contribution in [0.3, 0.4) is 0 Å². The molecular formula is C7H9N5S. The molecule has 0 radical (unpaired) electrons. The second-order valence-corrected chi connectivity index (χ2v) is 3.14. The largest absolute Gasteiger partial charge is 0.337 e. The Labute approximate surface area is 80.0 Å². The molecule has 0 saturated carbocycles. The van der Waals surface area contributed by atoms with Gasteiger partial charge in [-0.1, -0.05) is 0 Å². The zero-order chi connectivity index (χ0) is 9.26. The summed E-state index contributed by atoms with van der Waals surface area (Å²) in [5.41, 5.74) is 0. The second-order valence-electron chi connectivity index (χ2n) is 2.75. The third-order valence-corrected chi connectivity index (χ3v) is 2.19. The van der Waals surface area contributed by atoms with Crippen molar-refractivity contribution in [3.63, 3.8) is 0 Å². The van der Waals surface area contributed by atoms with E-state index in [1.807, 2.05) is 22.4 Å². The van der Waals surface area contributed by atoms with Crippen molar-refractivity contribution in [2.24, 2.45) is 7.05 Å². The van der Waals surface area contributed by atoms with Crippen LogP contribution in [0, 0.1) is 4.77 Å². The van der Waals surface area contributed by atoms with E-state index < -0.39 is 0 Å². The predicted molar refractivity (Wildman–Crippen MR) is 49.7 cm³/mol. The van der Waals surface area contributed by atoms with Crippen molar-refractivity contribution in [1.82, 2.24) is 24.3 Å². The van der Waals surface area contributed by atoms with Crippen molar-refractivity contribution >= 4 is 12.2 Å². The topological polar surface area (TPSA) is 51.4 Å². The molecule has 0 bridgehead atoms. The highest BCUT2D eigenvalue weighted by atomic mass is 32.1. The number of aromatic amines is 1. The highest BCUT2D eigenvalue weighted by Crippen LogP contribution is 1.97. The summed E-state index contributed by atoms with van der Waals surface area (Å²) < 4.78 is 4.47. The molecule has 6 heteroatoms. The first-order chi connectivity index (χ1) is 6.27. The lowest BCUT2D eigenvalue weighted by atomic mass is 10.6. The Hall–Kier alpha value is -1.43. The molecule has 0 aliphatic rings. The Balaban J connectivity index is 2.29. The van der Waals surface area contributed by atoms with Crippen LogP contribution >= 0.6 is 12.2 Å². The second kappa shape index (κ2) is 3.14. The van der Waals surface area contributed by atoms with Gasteiger partial charge in [0.15, 0.2) is 10.6 Å². The maximum Gasteiger partial charge on any atom is 0.177 e. The highest BCUT2D eigenvalue weighted by molar-refractivity contribution is 7.71. The molecule has 2 aromatic rings. The summed E-state index contributed by atoms with van der Waals surface area (Å²) in [7, 11) is 1.91. The van der Waals surface area contributed by atoms with Gasteiger partial charge in [0.1, 0.15) is 6.33 Å². The molecule has 0 fully saturated rings. The van der Waals surface area contributed by atoms with Crippen LogP contribution in [0.5, 0.6) is 0 Å². The van der Waals surface area contributed by atoms with Crippen LogP contribution in [0.15, 0.2) is 18.7 Å². The number of imidazole rings is 1. The molecule has 2 aromatic heterocycles. The van der Waals surface area contributed by atoms with Crippen molar-refractivity contribution in [2.75, 3.05) is 0 Å². The van der Waals surface area contributed by atoms with Gasteiger partial charge in [0.25, 0.3) is 0 Å². The van der Waals surface area contributed by atoms with E-state index in [9.17, 15) is 0 Å². The smallest absolute Gasteiger partial charge is 0.177 e. The molecule has 1 N–H and O–H groups in total. The summed E-state index contributed by atoms with van der Waals surface area (Å²) in [6, 6.07) is 0. The van der Waals surface area contributed by atoms with Crippen molar-refractivity contribution in [3.8, 4) is 0 Å². The quantitative estimate of drug-likeness (QED) is 0.718. The SMILES string of the molecule is Cn1cnnc1Cn1cc[nH]c1=S. The third kappa shape index (κ3) is 1.52. The van der Waals surface area contributed by atoms with Gasteiger partial charge in [-0.2, -0.15) is 0 Å². The number of hydrogen-bond acceptors (Lipinski definition) is 3. The molecule has 0 spiro atoms. The van der Waals surface area contributed by atoms with Crippen molar-refractivity contribution < 1.29 is 0 Å². The Kier molecular flexibility index (Phi) is 1.97. The average molecular weight is 195 g/mol. The molecule has 13 heavy (non-hydrogen) atoms. The number of nitrogens with zero attached hydrogens (tertiary/aromatic N) is 4. The summed E-state index contributed by atoms with van der Waals surface area (Å²) in [6.45, 7) is 0.652. The van der Waals surface area contributed by atoms with Crippen LogP contribution in [0.1, 0.15) is 5.82 Å². The zero-order valence-electron chi connectivity index (χ0n) is 7.14. The fourth-order valence-corrected chi connectivity index (χ4v) is 1.27. The van der Waals surface area contributed by atoms with Crippen LogP contribution in [0.2, 0.25) is 0 Å². The summed E-state index contributed by atoms with van der Waals surface area (Å²) in [4.78, 5) is 2.92. The van der Waals surface area contributed by atoms with Gasteiger partial charge in [-0.05, 0) is 12.2 Å². The number of aryl methyl sites for hydroxylation is 1.